The lowest BCUT2D eigenvalue weighted by Crippen LogP contribution is -2.29. The van der Waals surface area contributed by atoms with Crippen LogP contribution in [0.2, 0.25) is 0 Å². The van der Waals surface area contributed by atoms with Gasteiger partial charge in [-0.3, -0.25) is 14.9 Å². The first-order valence-electron chi connectivity index (χ1n) is 6.61. The van der Waals surface area contributed by atoms with E-state index in [4.69, 9.17) is 0 Å². The highest BCUT2D eigenvalue weighted by atomic mass is 16.1. The van der Waals surface area contributed by atoms with Crippen LogP contribution in [0.3, 0.4) is 0 Å². The number of amides is 1. The van der Waals surface area contributed by atoms with Crippen molar-refractivity contribution in [3.63, 3.8) is 0 Å². The largest absolute Gasteiger partial charge is 0.319 e. The smallest absolute Gasteiger partial charge is 0.257 e. The fourth-order valence-electron chi connectivity index (χ4n) is 2.50. The van der Waals surface area contributed by atoms with Gasteiger partial charge in [-0.2, -0.15) is 5.10 Å². The molecule has 0 saturated carbocycles. The Labute approximate surface area is 117 Å². The lowest BCUT2D eigenvalue weighted by atomic mass is 9.97. The molecule has 0 spiro atoms. The molecule has 0 bridgehead atoms. The summed E-state index contributed by atoms with van der Waals surface area (Å²) < 4.78 is 0. The molecule has 0 aliphatic carbocycles. The summed E-state index contributed by atoms with van der Waals surface area (Å²) in [6.07, 6.45) is 5.99. The number of nitrogens with zero attached hydrogens (tertiary/aromatic N) is 3. The van der Waals surface area contributed by atoms with E-state index in [0.717, 1.165) is 36.3 Å². The van der Waals surface area contributed by atoms with Crippen molar-refractivity contribution >= 4 is 11.6 Å². The van der Waals surface area contributed by atoms with Crippen LogP contribution in [-0.4, -0.2) is 39.6 Å². The van der Waals surface area contributed by atoms with E-state index in [9.17, 15) is 4.79 Å². The second-order valence-electron chi connectivity index (χ2n) is 5.18. The van der Waals surface area contributed by atoms with Crippen LogP contribution in [0.1, 0.15) is 27.2 Å². The summed E-state index contributed by atoms with van der Waals surface area (Å²) in [7, 11) is 2.07. The molecule has 6 heteroatoms. The third-order valence-corrected chi connectivity index (χ3v) is 3.65. The van der Waals surface area contributed by atoms with Crippen LogP contribution < -0.4 is 5.32 Å². The number of aryl methyl sites for hydroxylation is 1. The summed E-state index contributed by atoms with van der Waals surface area (Å²) in [4.78, 5) is 18.8. The molecule has 2 aromatic rings. The summed E-state index contributed by atoms with van der Waals surface area (Å²) in [6, 6.07) is 0. The highest BCUT2D eigenvalue weighted by Gasteiger charge is 2.20. The topological polar surface area (TPSA) is 73.9 Å². The van der Waals surface area contributed by atoms with E-state index < -0.39 is 0 Å². The second-order valence-corrected chi connectivity index (χ2v) is 5.18. The van der Waals surface area contributed by atoms with Gasteiger partial charge >= 0.3 is 0 Å². The third kappa shape index (κ3) is 2.30. The number of pyridine rings is 1. The van der Waals surface area contributed by atoms with Gasteiger partial charge < -0.3 is 10.2 Å². The molecule has 6 nitrogen and oxygen atoms in total. The predicted molar refractivity (Wildman–Crippen MR) is 75.6 cm³/mol. The number of nitrogens with one attached hydrogen (secondary N) is 2. The van der Waals surface area contributed by atoms with Crippen molar-refractivity contribution < 1.29 is 4.79 Å². The Kier molecular flexibility index (Phi) is 3.23. The maximum Gasteiger partial charge on any atom is 0.257 e. The maximum absolute atomic E-state index is 12.4. The van der Waals surface area contributed by atoms with Gasteiger partial charge in [0.2, 0.25) is 0 Å². The summed E-state index contributed by atoms with van der Waals surface area (Å²) in [6.45, 7) is 3.67. The Balaban J connectivity index is 1.89. The van der Waals surface area contributed by atoms with Crippen LogP contribution in [0, 0.1) is 6.92 Å². The van der Waals surface area contributed by atoms with Crippen molar-refractivity contribution in [2.45, 2.75) is 19.9 Å². The highest BCUT2D eigenvalue weighted by molar-refractivity contribution is 6.05. The van der Waals surface area contributed by atoms with Crippen molar-refractivity contribution in [1.82, 2.24) is 20.1 Å². The molecule has 104 valence electrons. The minimum Gasteiger partial charge on any atom is -0.319 e. The average Bonchev–Trinajstić information content (AvgIpc) is 2.83. The zero-order valence-corrected chi connectivity index (χ0v) is 11.6. The minimum absolute atomic E-state index is 0.122. The predicted octanol–water partition coefficient (Wildman–Crippen LogP) is 1.35. The lowest BCUT2D eigenvalue weighted by molar-refractivity contribution is 0.102. The quantitative estimate of drug-likeness (QED) is 0.864. The van der Waals surface area contributed by atoms with E-state index in [-0.39, 0.29) is 5.91 Å². The molecule has 0 atom stereocenters. The van der Waals surface area contributed by atoms with Gasteiger partial charge in [-0.1, -0.05) is 0 Å². The van der Waals surface area contributed by atoms with E-state index >= 15 is 0 Å². The SMILES string of the molecule is Cc1[nH]ncc1NC(=O)c1cncc2c1CCN(C)C2. The van der Waals surface area contributed by atoms with Crippen LogP contribution in [-0.2, 0) is 13.0 Å². The van der Waals surface area contributed by atoms with Gasteiger partial charge in [-0.05, 0) is 31.5 Å². The molecule has 1 aliphatic rings. The molecule has 20 heavy (non-hydrogen) atoms. The van der Waals surface area contributed by atoms with Crippen molar-refractivity contribution in [2.24, 2.45) is 0 Å². The molecule has 3 heterocycles. The number of carbonyl (C=O) groups is 1. The zero-order chi connectivity index (χ0) is 14.1. The molecular weight excluding hydrogens is 254 g/mol. The number of aromatic amines is 1. The highest BCUT2D eigenvalue weighted by Crippen LogP contribution is 2.22. The molecule has 2 aromatic heterocycles. The van der Waals surface area contributed by atoms with Crippen LogP contribution in [0.5, 0.6) is 0 Å². The molecule has 1 aliphatic heterocycles. The van der Waals surface area contributed by atoms with Gasteiger partial charge in [-0.15, -0.1) is 0 Å². The van der Waals surface area contributed by atoms with E-state index in [1.807, 2.05) is 13.1 Å². The molecule has 0 unspecified atom stereocenters. The fraction of sp³-hybridized carbons (Fsp3) is 0.357. The third-order valence-electron chi connectivity index (χ3n) is 3.65. The Bertz CT molecular complexity index is 649. The number of aromatic nitrogens is 3. The Morgan fingerprint density at radius 1 is 1.40 bits per heavy atom. The van der Waals surface area contributed by atoms with Crippen molar-refractivity contribution in [3.8, 4) is 0 Å². The number of anilines is 1. The maximum atomic E-state index is 12.4. The van der Waals surface area contributed by atoms with Crippen molar-refractivity contribution in [3.05, 3.63) is 41.0 Å². The van der Waals surface area contributed by atoms with Gasteiger partial charge in [0.15, 0.2) is 0 Å². The molecule has 0 radical (unpaired) electrons. The van der Waals surface area contributed by atoms with Crippen molar-refractivity contribution in [1.29, 1.82) is 0 Å². The van der Waals surface area contributed by atoms with E-state index in [1.165, 1.54) is 0 Å². The summed E-state index contributed by atoms with van der Waals surface area (Å²) in [5.74, 6) is -0.122. The summed E-state index contributed by atoms with van der Waals surface area (Å²) in [5.41, 5.74) is 4.46. The number of rotatable bonds is 2. The number of hydrogen-bond donors (Lipinski definition) is 2. The normalized spacial score (nSPS) is 14.9. The average molecular weight is 271 g/mol. The van der Waals surface area contributed by atoms with Gasteiger partial charge in [0, 0.05) is 25.5 Å². The lowest BCUT2D eigenvalue weighted by Gasteiger charge is -2.25. The summed E-state index contributed by atoms with van der Waals surface area (Å²) >= 11 is 0. The number of H-pyrrole nitrogens is 1. The Hall–Kier alpha value is -2.21. The Morgan fingerprint density at radius 3 is 3.00 bits per heavy atom. The number of carbonyl (C=O) groups excluding carboxylic acids is 1. The first-order chi connectivity index (χ1) is 9.65. The second kappa shape index (κ2) is 5.05. The van der Waals surface area contributed by atoms with Gasteiger partial charge in [0.25, 0.3) is 5.91 Å². The van der Waals surface area contributed by atoms with E-state index in [1.54, 1.807) is 12.4 Å². The van der Waals surface area contributed by atoms with E-state index in [2.05, 4.69) is 32.4 Å². The standard InChI is InChI=1S/C14H17N5O/c1-9-13(7-16-18-9)17-14(20)12-6-15-5-10-8-19(2)4-3-11(10)12/h5-7H,3-4,8H2,1-2H3,(H,16,18)(H,17,20). The zero-order valence-electron chi connectivity index (χ0n) is 11.6. The minimum atomic E-state index is -0.122. The van der Waals surface area contributed by atoms with Gasteiger partial charge in [-0.25, -0.2) is 0 Å². The number of fused-ring (bicyclic) bond motifs is 1. The number of likely N-dealkylation sites (N-methyl/N-ethyl adjacent to an activating group) is 1. The first kappa shape index (κ1) is 12.8. The van der Waals surface area contributed by atoms with Crippen LogP contribution >= 0.6 is 0 Å². The van der Waals surface area contributed by atoms with Crippen LogP contribution in [0.4, 0.5) is 5.69 Å². The van der Waals surface area contributed by atoms with Crippen molar-refractivity contribution in [2.75, 3.05) is 18.9 Å². The molecule has 2 N–H and O–H groups in total. The van der Waals surface area contributed by atoms with Crippen LogP contribution in [0.15, 0.2) is 18.6 Å². The molecule has 3 rings (SSSR count). The fourth-order valence-corrected chi connectivity index (χ4v) is 2.50. The van der Waals surface area contributed by atoms with E-state index in [0.29, 0.717) is 11.3 Å². The Morgan fingerprint density at radius 2 is 2.25 bits per heavy atom. The first-order valence-corrected chi connectivity index (χ1v) is 6.61. The molecule has 1 amide bonds. The van der Waals surface area contributed by atoms with Gasteiger partial charge in [0.05, 0.1) is 23.1 Å². The molecule has 0 fully saturated rings. The molecular formula is C14H17N5O. The molecule has 0 saturated heterocycles. The molecule has 0 aromatic carbocycles. The van der Waals surface area contributed by atoms with Gasteiger partial charge in [0.1, 0.15) is 0 Å². The monoisotopic (exact) mass is 271 g/mol. The van der Waals surface area contributed by atoms with Crippen LogP contribution in [0.25, 0.3) is 0 Å². The summed E-state index contributed by atoms with van der Waals surface area (Å²) in [5, 5.41) is 9.59. The number of hydrogen-bond acceptors (Lipinski definition) is 4.